The lowest BCUT2D eigenvalue weighted by Crippen LogP contribution is -2.34. The zero-order chi connectivity index (χ0) is 18.4. The molecule has 0 aromatic heterocycles. The number of nitrogens with zero attached hydrogens (tertiary/aromatic N) is 1. The first-order valence-corrected chi connectivity index (χ1v) is 7.45. The zero-order valence-electron chi connectivity index (χ0n) is 13.4. The van der Waals surface area contributed by atoms with Gasteiger partial charge in [0.25, 0.3) is 11.6 Å². The van der Waals surface area contributed by atoms with Crippen LogP contribution < -0.4 is 20.1 Å². The van der Waals surface area contributed by atoms with E-state index >= 15 is 0 Å². The molecule has 130 valence electrons. The number of methoxy groups -OCH3 is 2. The van der Waals surface area contributed by atoms with Crippen LogP contribution in [-0.4, -0.2) is 30.2 Å². The number of hydrogen-bond acceptors (Lipinski definition) is 6. The lowest BCUT2D eigenvalue weighted by molar-refractivity contribution is -0.385. The van der Waals surface area contributed by atoms with Gasteiger partial charge >= 0.3 is 0 Å². The molecule has 0 aliphatic heterocycles. The summed E-state index contributed by atoms with van der Waals surface area (Å²) in [6.07, 6.45) is 0. The molecule has 2 N–H and O–H groups in total. The molecule has 25 heavy (non-hydrogen) atoms. The highest BCUT2D eigenvalue weighted by Gasteiger charge is 2.20. The summed E-state index contributed by atoms with van der Waals surface area (Å²) in [5.74, 6) is 0.371. The van der Waals surface area contributed by atoms with E-state index in [0.717, 1.165) is 0 Å². The van der Waals surface area contributed by atoms with Gasteiger partial charge in [-0.3, -0.25) is 20.2 Å². The number of carbonyl (C=O) groups excluding carboxylic acids is 1. The predicted octanol–water partition coefficient (Wildman–Crippen LogP) is 2.74. The summed E-state index contributed by atoms with van der Waals surface area (Å²) in [5, 5.41) is 16.2. The Morgan fingerprint density at radius 2 is 1.88 bits per heavy atom. The molecule has 0 saturated carbocycles. The van der Waals surface area contributed by atoms with Crippen LogP contribution in [0.3, 0.4) is 0 Å². The van der Waals surface area contributed by atoms with E-state index in [-0.39, 0.29) is 16.4 Å². The maximum absolute atomic E-state index is 12.2. The van der Waals surface area contributed by atoms with E-state index in [1.54, 1.807) is 18.2 Å². The first-order chi connectivity index (χ1) is 12.0. The Balaban J connectivity index is 2.13. The third-order valence-electron chi connectivity index (χ3n) is 3.23. The maximum atomic E-state index is 12.2. The van der Waals surface area contributed by atoms with Gasteiger partial charge in [-0.15, -0.1) is 0 Å². The minimum absolute atomic E-state index is 0.0217. The second-order valence-corrected chi connectivity index (χ2v) is 5.16. The molecule has 0 radical (unpaired) electrons. The Hall–Kier alpha value is -3.20. The monoisotopic (exact) mass is 361 g/mol. The van der Waals surface area contributed by atoms with Crippen molar-refractivity contribution >= 4 is 34.6 Å². The third kappa shape index (κ3) is 4.42. The van der Waals surface area contributed by atoms with E-state index in [9.17, 15) is 14.9 Å². The van der Waals surface area contributed by atoms with E-state index in [2.05, 4.69) is 10.6 Å². The summed E-state index contributed by atoms with van der Waals surface area (Å²) in [6, 6.07) is 10.6. The van der Waals surface area contributed by atoms with Gasteiger partial charge in [-0.2, -0.15) is 0 Å². The lowest BCUT2D eigenvalue weighted by Gasteiger charge is -2.13. The van der Waals surface area contributed by atoms with E-state index in [1.807, 2.05) is 0 Å². The van der Waals surface area contributed by atoms with E-state index in [4.69, 9.17) is 21.7 Å². The minimum Gasteiger partial charge on any atom is -0.497 e. The second kappa shape index (κ2) is 8.06. The smallest absolute Gasteiger partial charge is 0.282 e. The molecule has 2 aromatic carbocycles. The van der Waals surface area contributed by atoms with Crippen LogP contribution in [0.25, 0.3) is 0 Å². The average Bonchev–Trinajstić information content (AvgIpc) is 2.61. The van der Waals surface area contributed by atoms with Gasteiger partial charge in [0.1, 0.15) is 17.1 Å². The molecule has 2 aromatic rings. The van der Waals surface area contributed by atoms with Crippen molar-refractivity contribution < 1.29 is 19.2 Å². The highest BCUT2D eigenvalue weighted by Crippen LogP contribution is 2.29. The molecular formula is C16H15N3O5S. The summed E-state index contributed by atoms with van der Waals surface area (Å²) in [6.45, 7) is 0. The molecule has 0 unspecified atom stereocenters. The van der Waals surface area contributed by atoms with Gasteiger partial charge < -0.3 is 14.8 Å². The quantitative estimate of drug-likeness (QED) is 0.479. The highest BCUT2D eigenvalue weighted by atomic mass is 32.1. The summed E-state index contributed by atoms with van der Waals surface area (Å²) in [7, 11) is 3.01. The summed E-state index contributed by atoms with van der Waals surface area (Å²) < 4.78 is 10.3. The normalized spacial score (nSPS) is 9.84. The molecule has 1 amide bonds. The zero-order valence-corrected chi connectivity index (χ0v) is 14.3. The minimum atomic E-state index is -0.683. The van der Waals surface area contributed by atoms with Crippen molar-refractivity contribution in [3.63, 3.8) is 0 Å². The third-order valence-corrected chi connectivity index (χ3v) is 3.43. The number of thiocarbonyl (C=S) groups is 1. The van der Waals surface area contributed by atoms with E-state index in [0.29, 0.717) is 17.2 Å². The van der Waals surface area contributed by atoms with Gasteiger partial charge in [-0.1, -0.05) is 12.1 Å². The molecule has 0 bridgehead atoms. The molecule has 9 heteroatoms. The Bertz CT molecular complexity index is 825. The van der Waals surface area contributed by atoms with E-state index in [1.165, 1.54) is 38.5 Å². The van der Waals surface area contributed by atoms with Gasteiger partial charge in [-0.05, 0) is 30.4 Å². The number of nitro groups is 1. The van der Waals surface area contributed by atoms with Crippen LogP contribution in [0.4, 0.5) is 11.4 Å². The Kier molecular flexibility index (Phi) is 5.85. The van der Waals surface area contributed by atoms with Crippen molar-refractivity contribution in [2.45, 2.75) is 0 Å². The van der Waals surface area contributed by atoms with Crippen LogP contribution in [-0.2, 0) is 0 Å². The van der Waals surface area contributed by atoms with Gasteiger partial charge in [0.2, 0.25) is 0 Å². The number of carbonyl (C=O) groups is 1. The standard InChI is InChI=1S/C16H15N3O5S/c1-23-10-7-8-12(14(9-10)24-2)17-16(25)18-15(20)11-5-3-4-6-13(11)19(21)22/h3-9H,1-2H3,(H2,17,18,20,25). The summed E-state index contributed by atoms with van der Waals surface area (Å²) in [5.41, 5.74) is 0.124. The number of nitro benzene ring substituents is 1. The Morgan fingerprint density at radius 3 is 2.52 bits per heavy atom. The van der Waals surface area contributed by atoms with Crippen molar-refractivity contribution in [1.82, 2.24) is 5.32 Å². The number of para-hydroxylation sites is 1. The largest absolute Gasteiger partial charge is 0.497 e. The van der Waals surface area contributed by atoms with Gasteiger partial charge in [0, 0.05) is 12.1 Å². The maximum Gasteiger partial charge on any atom is 0.282 e. The van der Waals surface area contributed by atoms with Crippen molar-refractivity contribution in [3.05, 3.63) is 58.1 Å². The fourth-order valence-corrected chi connectivity index (χ4v) is 2.25. The van der Waals surface area contributed by atoms with Crippen molar-refractivity contribution in [2.24, 2.45) is 0 Å². The molecule has 0 spiro atoms. The number of rotatable bonds is 5. The van der Waals surface area contributed by atoms with Crippen LogP contribution in [0.15, 0.2) is 42.5 Å². The first kappa shape index (κ1) is 18.1. The van der Waals surface area contributed by atoms with Gasteiger partial charge in [0.05, 0.1) is 24.8 Å². The van der Waals surface area contributed by atoms with E-state index < -0.39 is 10.8 Å². The average molecular weight is 361 g/mol. The predicted molar refractivity (Wildman–Crippen MR) is 96.3 cm³/mol. The van der Waals surface area contributed by atoms with Crippen molar-refractivity contribution in [1.29, 1.82) is 0 Å². The molecule has 0 atom stereocenters. The fraction of sp³-hybridized carbons (Fsp3) is 0.125. The number of hydrogen-bond donors (Lipinski definition) is 2. The van der Waals surface area contributed by atoms with Crippen LogP contribution in [0.1, 0.15) is 10.4 Å². The number of nitrogens with one attached hydrogen (secondary N) is 2. The molecular weight excluding hydrogens is 346 g/mol. The molecule has 0 aliphatic rings. The Labute approximate surface area is 148 Å². The number of amides is 1. The molecule has 0 aliphatic carbocycles. The second-order valence-electron chi connectivity index (χ2n) is 4.75. The molecule has 0 saturated heterocycles. The first-order valence-electron chi connectivity index (χ1n) is 7.04. The van der Waals surface area contributed by atoms with Gasteiger partial charge in [-0.25, -0.2) is 0 Å². The Morgan fingerprint density at radius 1 is 1.16 bits per heavy atom. The number of ether oxygens (including phenoxy) is 2. The SMILES string of the molecule is COc1ccc(NC(=S)NC(=O)c2ccccc2[N+](=O)[O-])c(OC)c1. The van der Waals surface area contributed by atoms with Crippen LogP contribution in [0.5, 0.6) is 11.5 Å². The van der Waals surface area contributed by atoms with Crippen LogP contribution in [0.2, 0.25) is 0 Å². The topological polar surface area (TPSA) is 103 Å². The molecule has 8 nitrogen and oxygen atoms in total. The number of benzene rings is 2. The van der Waals surface area contributed by atoms with Gasteiger partial charge in [0.15, 0.2) is 5.11 Å². The fourth-order valence-electron chi connectivity index (χ4n) is 2.05. The molecule has 0 heterocycles. The molecule has 0 fully saturated rings. The van der Waals surface area contributed by atoms with Crippen molar-refractivity contribution in [3.8, 4) is 11.5 Å². The van der Waals surface area contributed by atoms with Crippen LogP contribution in [0, 0.1) is 10.1 Å². The summed E-state index contributed by atoms with van der Waals surface area (Å²) >= 11 is 5.09. The number of anilines is 1. The molecule has 2 rings (SSSR count). The highest BCUT2D eigenvalue weighted by molar-refractivity contribution is 7.80. The summed E-state index contributed by atoms with van der Waals surface area (Å²) in [4.78, 5) is 22.6. The van der Waals surface area contributed by atoms with Crippen molar-refractivity contribution in [2.75, 3.05) is 19.5 Å². The lowest BCUT2D eigenvalue weighted by atomic mass is 10.1. The van der Waals surface area contributed by atoms with Crippen LogP contribution >= 0.6 is 12.2 Å².